The van der Waals surface area contributed by atoms with Gasteiger partial charge in [0.2, 0.25) is 0 Å². The molecule has 0 amide bonds. The van der Waals surface area contributed by atoms with Crippen molar-refractivity contribution >= 4 is 11.7 Å². The molecule has 0 radical (unpaired) electrons. The molecule has 0 unspecified atom stereocenters. The van der Waals surface area contributed by atoms with Crippen molar-refractivity contribution in [3.05, 3.63) is 24.3 Å². The first-order valence-corrected chi connectivity index (χ1v) is 5.01. The zero-order valence-electron chi connectivity index (χ0n) is 9.24. The van der Waals surface area contributed by atoms with Gasteiger partial charge in [-0.05, 0) is 0 Å². The van der Waals surface area contributed by atoms with Crippen LogP contribution in [0.2, 0.25) is 0 Å². The van der Waals surface area contributed by atoms with Crippen LogP contribution in [0.15, 0.2) is 18.6 Å². The fourth-order valence-electron chi connectivity index (χ4n) is 1.33. The van der Waals surface area contributed by atoms with Gasteiger partial charge in [0.15, 0.2) is 5.69 Å². The Labute approximate surface area is 96.9 Å². The highest BCUT2D eigenvalue weighted by atomic mass is 16.4. The number of nitrogens with zero attached hydrogens (tertiary/aromatic N) is 5. The van der Waals surface area contributed by atoms with Crippen LogP contribution in [0.4, 0.5) is 5.69 Å². The van der Waals surface area contributed by atoms with Gasteiger partial charge in [-0.25, -0.2) is 9.48 Å². The first-order valence-electron chi connectivity index (χ1n) is 5.01. The molecule has 17 heavy (non-hydrogen) atoms. The number of carboxylic acids is 1. The fourth-order valence-corrected chi connectivity index (χ4v) is 1.33. The Morgan fingerprint density at radius 1 is 1.53 bits per heavy atom. The van der Waals surface area contributed by atoms with Crippen LogP contribution in [0, 0.1) is 0 Å². The maximum atomic E-state index is 10.6. The van der Waals surface area contributed by atoms with Gasteiger partial charge in [-0.2, -0.15) is 5.10 Å². The Balaban J connectivity index is 1.83. The molecule has 0 fully saturated rings. The van der Waals surface area contributed by atoms with Gasteiger partial charge >= 0.3 is 5.97 Å². The number of rotatable bonds is 5. The van der Waals surface area contributed by atoms with E-state index in [0.29, 0.717) is 13.1 Å². The van der Waals surface area contributed by atoms with Crippen molar-refractivity contribution < 1.29 is 9.90 Å². The number of anilines is 1. The average molecular weight is 236 g/mol. The second-order valence-electron chi connectivity index (χ2n) is 3.50. The summed E-state index contributed by atoms with van der Waals surface area (Å²) in [5.74, 6) is -1.07. The fraction of sp³-hybridized carbons (Fsp3) is 0.333. The summed E-state index contributed by atoms with van der Waals surface area (Å²) in [4.78, 5) is 10.6. The standard InChI is InChI=1S/C9H12N6O2/c1-14-5-7(4-11-14)10-2-3-15-6-8(9(16)17)12-13-15/h4-6,10H,2-3H2,1H3,(H,16,17). The van der Waals surface area contributed by atoms with Crippen LogP contribution in [-0.4, -0.2) is 42.4 Å². The number of hydrogen-bond donors (Lipinski definition) is 2. The van der Waals surface area contributed by atoms with Crippen LogP contribution in [0.25, 0.3) is 0 Å². The van der Waals surface area contributed by atoms with Crippen LogP contribution in [0.5, 0.6) is 0 Å². The minimum absolute atomic E-state index is 0.0497. The van der Waals surface area contributed by atoms with Gasteiger partial charge < -0.3 is 10.4 Å². The van der Waals surface area contributed by atoms with E-state index in [9.17, 15) is 4.79 Å². The molecule has 2 heterocycles. The van der Waals surface area contributed by atoms with Crippen molar-refractivity contribution in [2.24, 2.45) is 7.05 Å². The molecule has 0 aliphatic rings. The second-order valence-corrected chi connectivity index (χ2v) is 3.50. The highest BCUT2D eigenvalue weighted by Gasteiger charge is 2.07. The minimum atomic E-state index is -1.07. The van der Waals surface area contributed by atoms with E-state index in [1.807, 2.05) is 13.2 Å². The van der Waals surface area contributed by atoms with E-state index in [1.165, 1.54) is 10.9 Å². The Morgan fingerprint density at radius 2 is 2.35 bits per heavy atom. The van der Waals surface area contributed by atoms with E-state index < -0.39 is 5.97 Å². The third kappa shape index (κ3) is 2.80. The largest absolute Gasteiger partial charge is 0.476 e. The Hall–Kier alpha value is -2.38. The number of aromatic nitrogens is 5. The molecule has 2 aromatic heterocycles. The van der Waals surface area contributed by atoms with Gasteiger partial charge in [0.25, 0.3) is 0 Å². The molecule has 0 aromatic carbocycles. The van der Waals surface area contributed by atoms with Gasteiger partial charge in [0.1, 0.15) is 0 Å². The molecule has 90 valence electrons. The summed E-state index contributed by atoms with van der Waals surface area (Å²) < 4.78 is 3.17. The molecule has 8 nitrogen and oxygen atoms in total. The predicted octanol–water partition coefficient (Wildman–Crippen LogP) is -0.178. The SMILES string of the molecule is Cn1cc(NCCn2cc(C(=O)O)nn2)cn1. The maximum Gasteiger partial charge on any atom is 0.358 e. The molecule has 0 saturated carbocycles. The summed E-state index contributed by atoms with van der Waals surface area (Å²) in [5, 5.41) is 23.0. The molecule has 0 aliphatic carbocycles. The van der Waals surface area contributed by atoms with E-state index in [2.05, 4.69) is 20.7 Å². The van der Waals surface area contributed by atoms with E-state index in [4.69, 9.17) is 5.11 Å². The van der Waals surface area contributed by atoms with E-state index in [1.54, 1.807) is 10.9 Å². The zero-order valence-corrected chi connectivity index (χ0v) is 9.24. The highest BCUT2D eigenvalue weighted by Crippen LogP contribution is 2.02. The summed E-state index contributed by atoms with van der Waals surface area (Å²) in [6.07, 6.45) is 4.96. The number of aromatic carboxylic acids is 1. The molecular weight excluding hydrogens is 224 g/mol. The van der Waals surface area contributed by atoms with Crippen LogP contribution < -0.4 is 5.32 Å². The first-order chi connectivity index (χ1) is 8.15. The van der Waals surface area contributed by atoms with Gasteiger partial charge in [0.05, 0.1) is 24.6 Å². The lowest BCUT2D eigenvalue weighted by Crippen LogP contribution is -2.10. The number of carbonyl (C=O) groups is 1. The molecule has 0 bridgehead atoms. The van der Waals surface area contributed by atoms with Crippen molar-refractivity contribution in [1.29, 1.82) is 0 Å². The number of aryl methyl sites for hydroxylation is 1. The van der Waals surface area contributed by atoms with Crippen LogP contribution in [0.3, 0.4) is 0 Å². The van der Waals surface area contributed by atoms with E-state index in [0.717, 1.165) is 5.69 Å². The molecule has 8 heteroatoms. The minimum Gasteiger partial charge on any atom is -0.476 e. The molecule has 0 aliphatic heterocycles. The molecule has 2 aromatic rings. The van der Waals surface area contributed by atoms with Gasteiger partial charge in [-0.1, -0.05) is 5.21 Å². The monoisotopic (exact) mass is 236 g/mol. The van der Waals surface area contributed by atoms with Crippen molar-refractivity contribution in [3.63, 3.8) is 0 Å². The normalized spacial score (nSPS) is 10.4. The van der Waals surface area contributed by atoms with Gasteiger partial charge in [0, 0.05) is 19.8 Å². The second kappa shape index (κ2) is 4.64. The lowest BCUT2D eigenvalue weighted by atomic mass is 10.5. The Kier molecular flexibility index (Phi) is 3.03. The molecular formula is C9H12N6O2. The van der Waals surface area contributed by atoms with Crippen molar-refractivity contribution in [1.82, 2.24) is 24.8 Å². The topological polar surface area (TPSA) is 97.9 Å². The van der Waals surface area contributed by atoms with Crippen LogP contribution in [-0.2, 0) is 13.6 Å². The smallest absolute Gasteiger partial charge is 0.358 e. The number of carboxylic acid groups (broad SMARTS) is 1. The van der Waals surface area contributed by atoms with E-state index in [-0.39, 0.29) is 5.69 Å². The Bertz CT molecular complexity index is 517. The van der Waals surface area contributed by atoms with Gasteiger partial charge in [-0.3, -0.25) is 4.68 Å². The lowest BCUT2D eigenvalue weighted by molar-refractivity contribution is 0.0690. The number of nitrogens with one attached hydrogen (secondary N) is 1. The summed E-state index contributed by atoms with van der Waals surface area (Å²) in [6.45, 7) is 1.16. The predicted molar refractivity (Wildman–Crippen MR) is 58.7 cm³/mol. The highest BCUT2D eigenvalue weighted by molar-refractivity contribution is 5.84. The molecule has 0 atom stereocenters. The molecule has 0 spiro atoms. The van der Waals surface area contributed by atoms with Crippen molar-refractivity contribution in [3.8, 4) is 0 Å². The lowest BCUT2D eigenvalue weighted by Gasteiger charge is -2.02. The summed E-state index contributed by atoms with van der Waals surface area (Å²) in [6, 6.07) is 0. The van der Waals surface area contributed by atoms with Crippen LogP contribution in [0.1, 0.15) is 10.5 Å². The summed E-state index contributed by atoms with van der Waals surface area (Å²) in [7, 11) is 1.84. The number of hydrogen-bond acceptors (Lipinski definition) is 5. The summed E-state index contributed by atoms with van der Waals surface area (Å²) >= 11 is 0. The van der Waals surface area contributed by atoms with E-state index >= 15 is 0 Å². The van der Waals surface area contributed by atoms with Crippen molar-refractivity contribution in [2.75, 3.05) is 11.9 Å². The molecule has 2 N–H and O–H groups in total. The first kappa shape index (κ1) is 11.1. The average Bonchev–Trinajstić information content (AvgIpc) is 2.88. The van der Waals surface area contributed by atoms with Crippen molar-refractivity contribution in [2.45, 2.75) is 6.54 Å². The molecule has 0 saturated heterocycles. The molecule has 2 rings (SSSR count). The van der Waals surface area contributed by atoms with Crippen LogP contribution >= 0.6 is 0 Å². The summed E-state index contributed by atoms with van der Waals surface area (Å²) in [5.41, 5.74) is 0.859. The zero-order chi connectivity index (χ0) is 12.3. The third-order valence-corrected chi connectivity index (χ3v) is 2.13. The Morgan fingerprint density at radius 3 is 2.94 bits per heavy atom. The maximum absolute atomic E-state index is 10.6. The third-order valence-electron chi connectivity index (χ3n) is 2.13. The van der Waals surface area contributed by atoms with Gasteiger partial charge in [-0.15, -0.1) is 5.10 Å². The quantitative estimate of drug-likeness (QED) is 0.747.